The summed E-state index contributed by atoms with van der Waals surface area (Å²) in [4.78, 5) is 6.14. The van der Waals surface area contributed by atoms with Crippen molar-refractivity contribution in [3.05, 3.63) is 23.6 Å². The van der Waals surface area contributed by atoms with Crippen LogP contribution in [0.4, 0.5) is 10.2 Å². The first-order valence-corrected chi connectivity index (χ1v) is 6.46. The largest absolute Gasteiger partial charge is 0.351 e. The highest BCUT2D eigenvalue weighted by atomic mass is 35.5. The van der Waals surface area contributed by atoms with Gasteiger partial charge in [-0.2, -0.15) is 0 Å². The van der Waals surface area contributed by atoms with Gasteiger partial charge in [0.15, 0.2) is 11.6 Å². The molecule has 2 nitrogen and oxygen atoms in total. The predicted molar refractivity (Wildman–Crippen MR) is 71.1 cm³/mol. The van der Waals surface area contributed by atoms with Crippen molar-refractivity contribution in [2.45, 2.75) is 39.6 Å². The summed E-state index contributed by atoms with van der Waals surface area (Å²) in [7, 11) is 0. The molecule has 1 rings (SSSR count). The van der Waals surface area contributed by atoms with Crippen molar-refractivity contribution >= 4 is 17.4 Å². The molecule has 96 valence electrons. The van der Waals surface area contributed by atoms with Crippen LogP contribution in [-0.2, 0) is 5.88 Å². The van der Waals surface area contributed by atoms with Gasteiger partial charge in [-0.15, -0.1) is 11.6 Å². The third kappa shape index (κ3) is 3.56. The molecule has 0 aliphatic carbocycles. The van der Waals surface area contributed by atoms with Crippen LogP contribution in [-0.4, -0.2) is 17.6 Å². The number of rotatable bonds is 5. The highest BCUT2D eigenvalue weighted by Crippen LogP contribution is 2.23. The Morgan fingerprint density at radius 1 is 1.35 bits per heavy atom. The van der Waals surface area contributed by atoms with E-state index in [1.807, 2.05) is 18.7 Å². The number of halogens is 2. The molecule has 1 heterocycles. The summed E-state index contributed by atoms with van der Waals surface area (Å²) < 4.78 is 14.1. The Morgan fingerprint density at radius 3 is 2.47 bits per heavy atom. The van der Waals surface area contributed by atoms with Crippen LogP contribution in [0, 0.1) is 11.7 Å². The third-order valence-corrected chi connectivity index (χ3v) is 2.84. The van der Waals surface area contributed by atoms with Gasteiger partial charge in [-0.25, -0.2) is 9.37 Å². The summed E-state index contributed by atoms with van der Waals surface area (Å²) in [5.41, 5.74) is 0.506. The summed E-state index contributed by atoms with van der Waals surface area (Å²) in [6.07, 6.45) is 1.62. The van der Waals surface area contributed by atoms with Crippen molar-refractivity contribution < 1.29 is 4.39 Å². The third-order valence-electron chi connectivity index (χ3n) is 2.55. The van der Waals surface area contributed by atoms with Gasteiger partial charge in [0.25, 0.3) is 0 Å². The van der Waals surface area contributed by atoms with E-state index in [9.17, 15) is 4.39 Å². The van der Waals surface area contributed by atoms with E-state index in [4.69, 9.17) is 11.6 Å². The Kier molecular flexibility index (Phi) is 5.19. The summed E-state index contributed by atoms with van der Waals surface area (Å²) >= 11 is 5.71. The summed E-state index contributed by atoms with van der Waals surface area (Å²) in [5.74, 6) is 0.747. The molecule has 0 saturated carbocycles. The van der Waals surface area contributed by atoms with Crippen LogP contribution in [0.15, 0.2) is 12.3 Å². The van der Waals surface area contributed by atoms with Crippen molar-refractivity contribution in [3.63, 3.8) is 0 Å². The number of alkyl halides is 1. The number of aromatic nitrogens is 1. The molecule has 0 spiro atoms. The zero-order valence-electron chi connectivity index (χ0n) is 10.9. The second-order valence-electron chi connectivity index (χ2n) is 4.88. The Hall–Kier alpha value is -0.830. The van der Waals surface area contributed by atoms with E-state index in [1.54, 1.807) is 12.3 Å². The maximum absolute atomic E-state index is 14.1. The molecule has 0 unspecified atom stereocenters. The van der Waals surface area contributed by atoms with Crippen molar-refractivity contribution in [2.24, 2.45) is 5.92 Å². The van der Waals surface area contributed by atoms with E-state index in [2.05, 4.69) is 18.8 Å². The quantitative estimate of drug-likeness (QED) is 0.747. The molecule has 0 aliphatic rings. The molecule has 0 aromatic carbocycles. The Bertz CT molecular complexity index is 366. The molecular formula is C13H20ClFN2. The molecule has 1 aromatic heterocycles. The lowest BCUT2D eigenvalue weighted by Crippen LogP contribution is -2.35. The molecule has 0 aliphatic heterocycles. The average molecular weight is 259 g/mol. The van der Waals surface area contributed by atoms with Crippen LogP contribution in [0.25, 0.3) is 0 Å². The number of nitrogens with zero attached hydrogens (tertiary/aromatic N) is 2. The van der Waals surface area contributed by atoms with Crippen LogP contribution in [0.1, 0.15) is 33.3 Å². The molecule has 0 amide bonds. The molecule has 0 N–H and O–H groups in total. The van der Waals surface area contributed by atoms with Crippen LogP contribution >= 0.6 is 11.6 Å². The van der Waals surface area contributed by atoms with Gasteiger partial charge >= 0.3 is 0 Å². The smallest absolute Gasteiger partial charge is 0.170 e. The molecule has 0 saturated heterocycles. The number of hydrogen-bond acceptors (Lipinski definition) is 2. The van der Waals surface area contributed by atoms with Crippen molar-refractivity contribution in [1.29, 1.82) is 0 Å². The van der Waals surface area contributed by atoms with Gasteiger partial charge in [-0.05, 0) is 25.8 Å². The van der Waals surface area contributed by atoms with Crippen molar-refractivity contribution in [1.82, 2.24) is 4.98 Å². The maximum atomic E-state index is 14.1. The molecule has 0 atom stereocenters. The van der Waals surface area contributed by atoms with Crippen LogP contribution < -0.4 is 4.90 Å². The Morgan fingerprint density at radius 2 is 2.00 bits per heavy atom. The normalized spacial score (nSPS) is 11.3. The SMILES string of the molecule is CC(C)CN(c1nccc(CCl)c1F)C(C)C. The Labute approximate surface area is 108 Å². The Balaban J connectivity index is 3.09. The van der Waals surface area contributed by atoms with E-state index in [0.29, 0.717) is 17.3 Å². The average Bonchev–Trinajstić information content (AvgIpc) is 2.26. The van der Waals surface area contributed by atoms with Gasteiger partial charge in [0, 0.05) is 24.3 Å². The summed E-state index contributed by atoms with van der Waals surface area (Å²) in [5, 5.41) is 0. The highest BCUT2D eigenvalue weighted by Gasteiger charge is 2.19. The molecule has 0 fully saturated rings. The number of pyridine rings is 1. The number of hydrogen-bond donors (Lipinski definition) is 0. The molecule has 0 bridgehead atoms. The van der Waals surface area contributed by atoms with Crippen LogP contribution in [0.2, 0.25) is 0 Å². The topological polar surface area (TPSA) is 16.1 Å². The monoisotopic (exact) mass is 258 g/mol. The maximum Gasteiger partial charge on any atom is 0.170 e. The van der Waals surface area contributed by atoms with Crippen LogP contribution in [0.3, 0.4) is 0 Å². The fourth-order valence-electron chi connectivity index (χ4n) is 1.71. The van der Waals surface area contributed by atoms with Gasteiger partial charge in [-0.1, -0.05) is 13.8 Å². The molecule has 17 heavy (non-hydrogen) atoms. The van der Waals surface area contributed by atoms with E-state index >= 15 is 0 Å². The van der Waals surface area contributed by atoms with Gasteiger partial charge in [0.1, 0.15) is 0 Å². The predicted octanol–water partition coefficient (Wildman–Crippen LogP) is 3.83. The van der Waals surface area contributed by atoms with Gasteiger partial charge in [-0.3, -0.25) is 0 Å². The second kappa shape index (κ2) is 6.20. The minimum atomic E-state index is -0.295. The summed E-state index contributed by atoms with van der Waals surface area (Å²) in [6.45, 7) is 9.08. The fourth-order valence-corrected chi connectivity index (χ4v) is 1.92. The molecular weight excluding hydrogens is 239 g/mol. The van der Waals surface area contributed by atoms with Crippen molar-refractivity contribution in [3.8, 4) is 0 Å². The number of anilines is 1. The van der Waals surface area contributed by atoms with Crippen molar-refractivity contribution in [2.75, 3.05) is 11.4 Å². The van der Waals surface area contributed by atoms with E-state index in [-0.39, 0.29) is 17.7 Å². The van der Waals surface area contributed by atoms with Crippen LogP contribution in [0.5, 0.6) is 0 Å². The molecule has 1 aromatic rings. The lowest BCUT2D eigenvalue weighted by atomic mass is 10.1. The minimum Gasteiger partial charge on any atom is -0.351 e. The van der Waals surface area contributed by atoms with E-state index in [1.165, 1.54) is 0 Å². The molecule has 0 radical (unpaired) electrons. The first kappa shape index (κ1) is 14.2. The lowest BCUT2D eigenvalue weighted by molar-refractivity contribution is 0.539. The van der Waals surface area contributed by atoms with Gasteiger partial charge < -0.3 is 4.90 Å². The zero-order chi connectivity index (χ0) is 13.0. The zero-order valence-corrected chi connectivity index (χ0v) is 11.6. The van der Waals surface area contributed by atoms with Gasteiger partial charge in [0.05, 0.1) is 5.88 Å². The van der Waals surface area contributed by atoms with E-state index < -0.39 is 0 Å². The first-order valence-electron chi connectivity index (χ1n) is 5.93. The summed E-state index contributed by atoms with van der Waals surface area (Å²) in [6, 6.07) is 1.84. The minimum absolute atomic E-state index is 0.176. The van der Waals surface area contributed by atoms with Gasteiger partial charge in [0.2, 0.25) is 0 Å². The van der Waals surface area contributed by atoms with E-state index in [0.717, 1.165) is 6.54 Å². The fraction of sp³-hybridized carbons (Fsp3) is 0.615. The standard InChI is InChI=1S/C13H20ClFN2/c1-9(2)8-17(10(3)4)13-12(15)11(7-14)5-6-16-13/h5-6,9-10H,7-8H2,1-4H3. The highest BCUT2D eigenvalue weighted by molar-refractivity contribution is 6.17. The first-order chi connectivity index (χ1) is 7.97. The molecule has 4 heteroatoms. The second-order valence-corrected chi connectivity index (χ2v) is 5.15. The lowest BCUT2D eigenvalue weighted by Gasteiger charge is -2.30.